The van der Waals surface area contributed by atoms with Crippen molar-refractivity contribution in [3.63, 3.8) is 0 Å². The highest BCUT2D eigenvalue weighted by Crippen LogP contribution is 2.29. The molecule has 0 unspecified atom stereocenters. The minimum Gasteiger partial charge on any atom is -0.466 e. The number of ether oxygens (including phenoxy) is 2. The first kappa shape index (κ1) is 15.8. The molecule has 0 saturated heterocycles. The first-order chi connectivity index (χ1) is 9.26. The number of carbonyl (C=O) groups is 1. The highest BCUT2D eigenvalue weighted by atomic mass is 19.4. The van der Waals surface area contributed by atoms with Crippen LogP contribution >= 0.6 is 0 Å². The van der Waals surface area contributed by atoms with Crippen LogP contribution < -0.4 is 4.74 Å². The van der Waals surface area contributed by atoms with Crippen molar-refractivity contribution in [1.29, 1.82) is 5.26 Å². The number of hydrogen-bond acceptors (Lipinski definition) is 4. The number of rotatable bonds is 4. The van der Waals surface area contributed by atoms with Crippen LogP contribution in [0.2, 0.25) is 0 Å². The third-order valence-electron chi connectivity index (χ3n) is 2.42. The predicted octanol–water partition coefficient (Wildman–Crippen LogP) is 2.87. The Morgan fingerprint density at radius 3 is 2.55 bits per heavy atom. The van der Waals surface area contributed by atoms with Gasteiger partial charge in [-0.25, -0.2) is 0 Å². The van der Waals surface area contributed by atoms with Crippen LogP contribution in [0.25, 0.3) is 0 Å². The molecular weight excluding hydrogens is 275 g/mol. The Bertz CT molecular complexity index is 547. The van der Waals surface area contributed by atoms with Crippen LogP contribution in [0.4, 0.5) is 13.2 Å². The lowest BCUT2D eigenvalue weighted by molar-refractivity contribution is -0.274. The summed E-state index contributed by atoms with van der Waals surface area (Å²) in [4.78, 5) is 11.3. The van der Waals surface area contributed by atoms with Crippen LogP contribution in [-0.4, -0.2) is 18.9 Å². The van der Waals surface area contributed by atoms with Crippen molar-refractivity contribution in [2.45, 2.75) is 26.6 Å². The fraction of sp³-hybridized carbons (Fsp3) is 0.385. The van der Waals surface area contributed by atoms with Gasteiger partial charge < -0.3 is 9.47 Å². The number of alkyl halides is 3. The Hall–Kier alpha value is -2.23. The van der Waals surface area contributed by atoms with E-state index in [2.05, 4.69) is 4.74 Å². The van der Waals surface area contributed by atoms with Gasteiger partial charge in [-0.3, -0.25) is 4.79 Å². The molecule has 7 heteroatoms. The summed E-state index contributed by atoms with van der Waals surface area (Å²) >= 11 is 0. The molecule has 0 bridgehead atoms. The molecule has 1 rings (SSSR count). The summed E-state index contributed by atoms with van der Waals surface area (Å²) in [5.74, 6) is -1.07. The smallest absolute Gasteiger partial charge is 0.466 e. The molecule has 4 nitrogen and oxygen atoms in total. The first-order valence-corrected chi connectivity index (χ1v) is 5.71. The Morgan fingerprint density at radius 1 is 1.40 bits per heavy atom. The summed E-state index contributed by atoms with van der Waals surface area (Å²) in [5, 5.41) is 8.90. The molecule has 20 heavy (non-hydrogen) atoms. The molecule has 1 aromatic carbocycles. The summed E-state index contributed by atoms with van der Waals surface area (Å²) in [6.45, 7) is 3.13. The second-order valence-corrected chi connectivity index (χ2v) is 3.91. The first-order valence-electron chi connectivity index (χ1n) is 5.71. The summed E-state index contributed by atoms with van der Waals surface area (Å²) in [5.41, 5.74) is 0.313. The van der Waals surface area contributed by atoms with Crippen LogP contribution in [-0.2, 0) is 16.0 Å². The molecule has 1 aromatic rings. The van der Waals surface area contributed by atoms with Gasteiger partial charge >= 0.3 is 12.3 Å². The van der Waals surface area contributed by atoms with Gasteiger partial charge in [-0.2, -0.15) is 5.26 Å². The highest BCUT2D eigenvalue weighted by molar-refractivity contribution is 5.73. The SMILES string of the molecule is CCOC(=O)Cc1cc(C#N)c(C)c(OC(F)(F)F)c1. The molecule has 0 N–H and O–H groups in total. The molecule has 0 aromatic heterocycles. The van der Waals surface area contributed by atoms with Crippen LogP contribution in [0.5, 0.6) is 5.75 Å². The Labute approximate surface area is 113 Å². The van der Waals surface area contributed by atoms with Crippen molar-refractivity contribution in [3.8, 4) is 11.8 Å². The second kappa shape index (κ2) is 6.28. The average Bonchev–Trinajstić information content (AvgIpc) is 2.31. The topological polar surface area (TPSA) is 59.3 Å². The van der Waals surface area contributed by atoms with Crippen molar-refractivity contribution in [1.82, 2.24) is 0 Å². The normalized spacial score (nSPS) is 10.8. The number of nitrogens with zero attached hydrogens (tertiary/aromatic N) is 1. The fourth-order valence-electron chi connectivity index (χ4n) is 1.57. The van der Waals surface area contributed by atoms with Crippen LogP contribution in [0, 0.1) is 18.3 Å². The van der Waals surface area contributed by atoms with Gasteiger partial charge in [0.25, 0.3) is 0 Å². The molecule has 0 heterocycles. The van der Waals surface area contributed by atoms with E-state index < -0.39 is 18.1 Å². The van der Waals surface area contributed by atoms with Gasteiger partial charge in [0.15, 0.2) is 0 Å². The number of esters is 1. The zero-order chi connectivity index (χ0) is 15.3. The molecule has 0 atom stereocenters. The summed E-state index contributed by atoms with van der Waals surface area (Å²) in [6.07, 6.45) is -5.09. The van der Waals surface area contributed by atoms with Gasteiger partial charge in [-0.1, -0.05) is 0 Å². The summed E-state index contributed by atoms with van der Waals surface area (Å²) < 4.78 is 45.4. The van der Waals surface area contributed by atoms with Crippen LogP contribution in [0.1, 0.15) is 23.6 Å². The van der Waals surface area contributed by atoms with E-state index in [-0.39, 0.29) is 29.7 Å². The number of halogens is 3. The molecule has 0 aliphatic heterocycles. The van der Waals surface area contributed by atoms with Gasteiger partial charge in [0.05, 0.1) is 24.7 Å². The zero-order valence-electron chi connectivity index (χ0n) is 10.9. The third-order valence-corrected chi connectivity index (χ3v) is 2.42. The van der Waals surface area contributed by atoms with Gasteiger partial charge in [-0.05, 0) is 31.5 Å². The molecule has 0 aliphatic carbocycles. The number of benzene rings is 1. The van der Waals surface area contributed by atoms with E-state index in [0.717, 1.165) is 6.07 Å². The molecular formula is C13H12F3NO3. The summed E-state index contributed by atoms with van der Waals surface area (Å²) in [6, 6.07) is 4.19. The monoisotopic (exact) mass is 287 g/mol. The van der Waals surface area contributed by atoms with Crippen LogP contribution in [0.15, 0.2) is 12.1 Å². The molecule has 0 spiro atoms. The molecule has 0 aliphatic rings. The highest BCUT2D eigenvalue weighted by Gasteiger charge is 2.32. The van der Waals surface area contributed by atoms with E-state index in [9.17, 15) is 18.0 Å². The van der Waals surface area contributed by atoms with E-state index in [0.29, 0.717) is 0 Å². The number of carbonyl (C=O) groups excluding carboxylic acids is 1. The van der Waals surface area contributed by atoms with Crippen LogP contribution in [0.3, 0.4) is 0 Å². The van der Waals surface area contributed by atoms with Gasteiger partial charge in [0, 0.05) is 5.56 Å². The lowest BCUT2D eigenvalue weighted by atomic mass is 10.0. The summed E-state index contributed by atoms with van der Waals surface area (Å²) in [7, 11) is 0. The zero-order valence-corrected chi connectivity index (χ0v) is 10.9. The van der Waals surface area contributed by atoms with E-state index in [1.54, 1.807) is 13.0 Å². The van der Waals surface area contributed by atoms with E-state index in [1.807, 2.05) is 0 Å². The predicted molar refractivity (Wildman–Crippen MR) is 62.9 cm³/mol. The largest absolute Gasteiger partial charge is 0.573 e. The van der Waals surface area contributed by atoms with Gasteiger partial charge in [0.1, 0.15) is 5.75 Å². The number of nitriles is 1. The minimum absolute atomic E-state index is 0.0195. The Balaban J connectivity index is 3.12. The lowest BCUT2D eigenvalue weighted by Crippen LogP contribution is -2.18. The second-order valence-electron chi connectivity index (χ2n) is 3.91. The maximum Gasteiger partial charge on any atom is 0.573 e. The van der Waals surface area contributed by atoms with Gasteiger partial charge in [-0.15, -0.1) is 13.2 Å². The maximum atomic E-state index is 12.3. The Morgan fingerprint density at radius 2 is 2.05 bits per heavy atom. The molecule has 0 fully saturated rings. The maximum absolute atomic E-state index is 12.3. The van der Waals surface area contributed by atoms with Crippen molar-refractivity contribution < 1.29 is 27.4 Å². The standard InChI is InChI=1S/C13H12F3NO3/c1-3-19-12(18)6-9-4-10(7-17)8(2)11(5-9)20-13(14,15)16/h4-5H,3,6H2,1-2H3. The van der Waals surface area contributed by atoms with E-state index in [1.165, 1.54) is 13.0 Å². The minimum atomic E-state index is -4.86. The quantitative estimate of drug-likeness (QED) is 0.799. The fourth-order valence-corrected chi connectivity index (χ4v) is 1.57. The van der Waals surface area contributed by atoms with Crippen molar-refractivity contribution in [2.75, 3.05) is 6.61 Å². The molecule has 0 saturated carbocycles. The molecule has 108 valence electrons. The number of hydrogen-bond donors (Lipinski definition) is 0. The van der Waals surface area contributed by atoms with Crippen molar-refractivity contribution in [3.05, 3.63) is 28.8 Å². The van der Waals surface area contributed by atoms with E-state index >= 15 is 0 Å². The van der Waals surface area contributed by atoms with Crippen molar-refractivity contribution >= 4 is 5.97 Å². The van der Waals surface area contributed by atoms with Gasteiger partial charge in [0.2, 0.25) is 0 Å². The molecule has 0 amide bonds. The Kier molecular flexibility index (Phi) is 4.97. The average molecular weight is 287 g/mol. The van der Waals surface area contributed by atoms with E-state index in [4.69, 9.17) is 10.00 Å². The van der Waals surface area contributed by atoms with Crippen molar-refractivity contribution in [2.24, 2.45) is 0 Å². The lowest BCUT2D eigenvalue weighted by Gasteiger charge is -2.13. The third kappa shape index (κ3) is 4.46. The molecule has 0 radical (unpaired) electrons.